The molecule has 0 aliphatic carbocycles. The van der Waals surface area contributed by atoms with E-state index in [1.54, 1.807) is 24.3 Å². The Hall–Kier alpha value is -5.86. The summed E-state index contributed by atoms with van der Waals surface area (Å²) in [6.07, 6.45) is 0.611. The number of benzene rings is 4. The third-order valence-corrected chi connectivity index (χ3v) is 9.69. The lowest BCUT2D eigenvalue weighted by Gasteiger charge is -2.28. The van der Waals surface area contributed by atoms with Crippen molar-refractivity contribution in [2.24, 2.45) is 5.92 Å². The number of hydrogen-bond acceptors (Lipinski definition) is 9. The number of aromatic nitrogens is 2. The van der Waals surface area contributed by atoms with Crippen molar-refractivity contribution < 1.29 is 38.6 Å². The minimum atomic E-state index is -1.38. The predicted octanol–water partition coefficient (Wildman–Crippen LogP) is 5.60. The van der Waals surface area contributed by atoms with Crippen LogP contribution >= 0.6 is 15.9 Å². The fourth-order valence-electron chi connectivity index (χ4n) is 6.25. The molecule has 5 aromatic rings. The van der Waals surface area contributed by atoms with Gasteiger partial charge in [-0.05, 0) is 46.4 Å². The molecule has 3 amide bonds. The Balaban J connectivity index is 1.31. The number of amides is 3. The van der Waals surface area contributed by atoms with Crippen molar-refractivity contribution in [3.05, 3.63) is 136 Å². The number of aromatic amines is 1. The maximum absolute atomic E-state index is 14.2. The molecule has 4 aromatic carbocycles. The number of hydrogen-bond donors (Lipinski definition) is 5. The number of ketones is 1. The van der Waals surface area contributed by atoms with E-state index in [9.17, 15) is 29.1 Å². The summed E-state index contributed by atoms with van der Waals surface area (Å²) in [6, 6.07) is 25.8. The monoisotopic (exact) mass is 839 g/mol. The minimum Gasteiger partial charge on any atom is -0.457 e. The number of ether oxygens (including phenoxy) is 2. The predicted molar refractivity (Wildman–Crippen MR) is 217 cm³/mol. The van der Waals surface area contributed by atoms with Gasteiger partial charge in [0.15, 0.2) is 12.4 Å². The first-order valence-electron chi connectivity index (χ1n) is 18.6. The van der Waals surface area contributed by atoms with Crippen LogP contribution in [0.15, 0.2) is 114 Å². The van der Waals surface area contributed by atoms with E-state index in [1.807, 2.05) is 86.6 Å². The molecule has 0 saturated carbocycles. The van der Waals surface area contributed by atoms with E-state index >= 15 is 0 Å². The quantitative estimate of drug-likeness (QED) is 0.0521. The van der Waals surface area contributed by atoms with Crippen molar-refractivity contribution >= 4 is 56.4 Å². The molecule has 57 heavy (non-hydrogen) atoms. The maximum atomic E-state index is 14.2. The molecule has 5 rings (SSSR count). The highest BCUT2D eigenvalue weighted by atomic mass is 79.9. The van der Waals surface area contributed by atoms with Crippen LogP contribution in [0.1, 0.15) is 53.9 Å². The van der Waals surface area contributed by atoms with Crippen LogP contribution in [0.2, 0.25) is 0 Å². The molecule has 13 nitrogen and oxygen atoms in total. The van der Waals surface area contributed by atoms with Crippen molar-refractivity contribution in [1.29, 1.82) is 0 Å². The van der Waals surface area contributed by atoms with Crippen LogP contribution in [0.5, 0.6) is 0 Å². The first kappa shape index (κ1) is 42.3. The number of rotatable bonds is 19. The highest BCUT2D eigenvalue weighted by Gasteiger charge is 2.32. The van der Waals surface area contributed by atoms with Crippen LogP contribution in [0.4, 0.5) is 4.79 Å². The van der Waals surface area contributed by atoms with Crippen LogP contribution < -0.4 is 16.0 Å². The molecule has 1 heterocycles. The normalized spacial score (nSPS) is 13.2. The van der Waals surface area contributed by atoms with Gasteiger partial charge in [0, 0.05) is 34.8 Å². The van der Waals surface area contributed by atoms with Gasteiger partial charge in [-0.1, -0.05) is 115 Å². The number of alkyl carbamates (subject to hydrolysis) is 1. The largest absolute Gasteiger partial charge is 0.457 e. The van der Waals surface area contributed by atoms with Crippen LogP contribution in [-0.4, -0.2) is 75.6 Å². The highest BCUT2D eigenvalue weighted by Crippen LogP contribution is 2.21. The zero-order chi connectivity index (χ0) is 40.7. The molecule has 5 N–H and O–H groups in total. The molecule has 2 unspecified atom stereocenters. The van der Waals surface area contributed by atoms with Gasteiger partial charge in [0.1, 0.15) is 18.7 Å². The van der Waals surface area contributed by atoms with Crippen molar-refractivity contribution in [1.82, 2.24) is 25.9 Å². The number of aliphatic hydroxyl groups is 1. The summed E-state index contributed by atoms with van der Waals surface area (Å²) in [4.78, 5) is 73.7. The first-order valence-corrected chi connectivity index (χ1v) is 19.4. The lowest BCUT2D eigenvalue weighted by Crippen LogP contribution is -2.57. The number of nitrogens with one attached hydrogen (secondary N) is 4. The van der Waals surface area contributed by atoms with Gasteiger partial charge in [-0.2, -0.15) is 0 Å². The van der Waals surface area contributed by atoms with E-state index in [0.717, 1.165) is 26.4 Å². The lowest BCUT2D eigenvalue weighted by atomic mass is 9.96. The fraction of sp³-hybridized carbons (Fsp3) is 0.302. The lowest BCUT2D eigenvalue weighted by molar-refractivity contribution is -0.145. The number of fused-ring (bicyclic) bond motifs is 1. The molecule has 0 spiro atoms. The van der Waals surface area contributed by atoms with Crippen molar-refractivity contribution in [2.75, 3.05) is 6.61 Å². The summed E-state index contributed by atoms with van der Waals surface area (Å²) in [7, 11) is 0. The van der Waals surface area contributed by atoms with E-state index in [1.165, 1.54) is 12.5 Å². The zero-order valence-corrected chi connectivity index (χ0v) is 33.2. The number of H-pyrrole nitrogens is 1. The molecule has 0 fully saturated rings. The van der Waals surface area contributed by atoms with Gasteiger partial charge in [-0.25, -0.2) is 9.78 Å². The Morgan fingerprint density at radius 3 is 2.19 bits per heavy atom. The standard InChI is InChI=1S/C43H46BrN5O8/c1-27(2)19-35(38(50)22-40(52)56-25-39(51)30-15-17-32(44)18-16-30)47-42(54)37(21-33-23-45-26-46-33)48-41(53)36(49-43(55)57-24-28-9-4-3-5-10-28)20-31-13-8-12-29-11-6-7-14-34(29)31/h3-18,23,26-27,35-38,50H,19-22,24-25H2,1-2H3,(H,45,46)(H,47,54)(H,48,53)(H,49,55)/t35?,36-,37-,38?/m1/s1. The average molecular weight is 841 g/mol. The SMILES string of the molecule is CC(C)CC(NC(=O)[C@@H](Cc1cnc[nH]1)NC(=O)[C@@H](Cc1cccc2ccccc12)NC(=O)OCc1ccccc1)C(O)CC(=O)OCC(=O)c1ccc(Br)cc1. The average Bonchev–Trinajstić information content (AvgIpc) is 3.72. The molecule has 0 saturated heterocycles. The van der Waals surface area contributed by atoms with Gasteiger partial charge in [0.05, 0.1) is 24.9 Å². The van der Waals surface area contributed by atoms with Gasteiger partial charge < -0.3 is 35.5 Å². The fourth-order valence-corrected chi connectivity index (χ4v) is 6.51. The van der Waals surface area contributed by atoms with Crippen LogP contribution in [-0.2, 0) is 43.3 Å². The van der Waals surface area contributed by atoms with Gasteiger partial charge in [0.25, 0.3) is 0 Å². The Labute approximate surface area is 339 Å². The highest BCUT2D eigenvalue weighted by molar-refractivity contribution is 9.10. The number of nitrogens with zero attached hydrogens (tertiary/aromatic N) is 1. The minimum absolute atomic E-state index is 0.0122. The van der Waals surface area contributed by atoms with Crippen molar-refractivity contribution in [3.63, 3.8) is 0 Å². The molecule has 0 bridgehead atoms. The number of carbonyl (C=O) groups is 5. The summed E-state index contributed by atoms with van der Waals surface area (Å²) in [5, 5.41) is 21.4. The van der Waals surface area contributed by atoms with E-state index in [0.29, 0.717) is 11.3 Å². The van der Waals surface area contributed by atoms with Crippen molar-refractivity contribution in [2.45, 2.75) is 70.4 Å². The number of imidazole rings is 1. The van der Waals surface area contributed by atoms with Crippen LogP contribution in [0, 0.1) is 5.92 Å². The Kier molecular flexibility index (Phi) is 15.5. The molecule has 0 aliphatic heterocycles. The number of esters is 1. The van der Waals surface area contributed by atoms with Gasteiger partial charge >= 0.3 is 12.1 Å². The number of halogens is 1. The smallest absolute Gasteiger partial charge is 0.408 e. The summed E-state index contributed by atoms with van der Waals surface area (Å²) in [5.41, 5.74) is 2.45. The first-order chi connectivity index (χ1) is 27.4. The second-order valence-corrected chi connectivity index (χ2v) is 15.0. The zero-order valence-electron chi connectivity index (χ0n) is 31.7. The van der Waals surface area contributed by atoms with Crippen LogP contribution in [0.25, 0.3) is 10.8 Å². The second-order valence-electron chi connectivity index (χ2n) is 14.1. The summed E-state index contributed by atoms with van der Waals surface area (Å²) in [5.74, 6) is -2.54. The van der Waals surface area contributed by atoms with E-state index < -0.39 is 66.9 Å². The second kappa shape index (κ2) is 20.9. The van der Waals surface area contributed by atoms with Crippen molar-refractivity contribution in [3.8, 4) is 0 Å². The molecule has 4 atom stereocenters. The topological polar surface area (TPSA) is 189 Å². The molecular weight excluding hydrogens is 794 g/mol. The molecule has 0 aliphatic rings. The number of Topliss-reactive ketones (excluding diaryl/α,β-unsaturated/α-hetero) is 1. The van der Waals surface area contributed by atoms with Gasteiger partial charge in [-0.15, -0.1) is 0 Å². The third kappa shape index (κ3) is 13.1. The molecule has 298 valence electrons. The summed E-state index contributed by atoms with van der Waals surface area (Å²) >= 11 is 3.31. The number of carbonyl (C=O) groups excluding carboxylic acids is 5. The van der Waals surface area contributed by atoms with Crippen LogP contribution in [0.3, 0.4) is 0 Å². The third-order valence-electron chi connectivity index (χ3n) is 9.16. The van der Waals surface area contributed by atoms with Gasteiger partial charge in [-0.3, -0.25) is 19.2 Å². The Morgan fingerprint density at radius 2 is 1.47 bits per heavy atom. The van der Waals surface area contributed by atoms with Gasteiger partial charge in [0.2, 0.25) is 11.8 Å². The molecule has 0 radical (unpaired) electrons. The maximum Gasteiger partial charge on any atom is 0.408 e. The molecule has 1 aromatic heterocycles. The van der Waals surface area contributed by atoms with E-state index in [-0.39, 0.29) is 31.8 Å². The Morgan fingerprint density at radius 1 is 0.789 bits per heavy atom. The number of aliphatic hydroxyl groups excluding tert-OH is 1. The van der Waals surface area contributed by atoms with E-state index in [4.69, 9.17) is 9.47 Å². The summed E-state index contributed by atoms with van der Waals surface area (Å²) < 4.78 is 11.4. The van der Waals surface area contributed by atoms with E-state index in [2.05, 4.69) is 41.8 Å². The molecular formula is C43H46BrN5O8. The molecule has 14 heteroatoms. The Bertz CT molecular complexity index is 2110. The summed E-state index contributed by atoms with van der Waals surface area (Å²) in [6.45, 7) is 3.26.